The molecule has 0 saturated carbocycles. The number of rotatable bonds is 5. The van der Waals surface area contributed by atoms with Crippen molar-refractivity contribution in [3.05, 3.63) is 72.1 Å². The SMILES string of the molecule is CC(c1nnnn1-c1ccccc1)N(C)Cc1ccccc1. The summed E-state index contributed by atoms with van der Waals surface area (Å²) in [6.07, 6.45) is 0. The van der Waals surface area contributed by atoms with Gasteiger partial charge in [-0.2, -0.15) is 4.68 Å². The van der Waals surface area contributed by atoms with Gasteiger partial charge in [0.25, 0.3) is 0 Å². The van der Waals surface area contributed by atoms with Gasteiger partial charge in [0.15, 0.2) is 5.82 Å². The molecular weight excluding hydrogens is 274 g/mol. The van der Waals surface area contributed by atoms with Crippen LogP contribution in [0.25, 0.3) is 5.69 Å². The Hall–Kier alpha value is -2.53. The second-order valence-electron chi connectivity index (χ2n) is 5.36. The summed E-state index contributed by atoms with van der Waals surface area (Å²) in [5.74, 6) is 0.838. The van der Waals surface area contributed by atoms with Crippen LogP contribution in [0.3, 0.4) is 0 Å². The third kappa shape index (κ3) is 3.04. The molecule has 5 heteroatoms. The molecule has 22 heavy (non-hydrogen) atoms. The van der Waals surface area contributed by atoms with E-state index in [-0.39, 0.29) is 6.04 Å². The number of aromatic nitrogens is 4. The second kappa shape index (κ2) is 6.49. The Morgan fingerprint density at radius 3 is 2.32 bits per heavy atom. The molecule has 0 aliphatic heterocycles. The normalized spacial score (nSPS) is 12.5. The first kappa shape index (κ1) is 14.4. The van der Waals surface area contributed by atoms with E-state index in [4.69, 9.17) is 0 Å². The highest BCUT2D eigenvalue weighted by molar-refractivity contribution is 5.31. The number of benzene rings is 2. The third-order valence-corrected chi connectivity index (χ3v) is 3.80. The first-order valence-corrected chi connectivity index (χ1v) is 7.33. The van der Waals surface area contributed by atoms with Crippen LogP contribution >= 0.6 is 0 Å². The largest absolute Gasteiger partial charge is 0.292 e. The third-order valence-electron chi connectivity index (χ3n) is 3.80. The lowest BCUT2D eigenvalue weighted by Crippen LogP contribution is -2.24. The predicted octanol–water partition coefficient (Wildman–Crippen LogP) is 2.86. The van der Waals surface area contributed by atoms with Crippen LogP contribution in [0.4, 0.5) is 0 Å². The molecule has 0 bridgehead atoms. The Bertz CT molecular complexity index is 708. The van der Waals surface area contributed by atoms with E-state index in [1.807, 2.05) is 36.4 Å². The van der Waals surface area contributed by atoms with Gasteiger partial charge in [0.2, 0.25) is 0 Å². The van der Waals surface area contributed by atoms with Crippen molar-refractivity contribution in [3.63, 3.8) is 0 Å². The average molecular weight is 293 g/mol. The van der Waals surface area contributed by atoms with Crippen molar-refractivity contribution < 1.29 is 0 Å². The van der Waals surface area contributed by atoms with Gasteiger partial charge in [-0.25, -0.2) is 0 Å². The Morgan fingerprint density at radius 2 is 1.64 bits per heavy atom. The molecule has 0 amide bonds. The van der Waals surface area contributed by atoms with Gasteiger partial charge < -0.3 is 0 Å². The molecule has 0 N–H and O–H groups in total. The highest BCUT2D eigenvalue weighted by Crippen LogP contribution is 2.20. The zero-order valence-electron chi connectivity index (χ0n) is 12.8. The molecular formula is C17H19N5. The van der Waals surface area contributed by atoms with Gasteiger partial charge in [-0.1, -0.05) is 48.5 Å². The zero-order valence-corrected chi connectivity index (χ0v) is 12.8. The molecule has 112 valence electrons. The van der Waals surface area contributed by atoms with Crippen molar-refractivity contribution in [2.45, 2.75) is 19.5 Å². The Balaban J connectivity index is 1.81. The molecule has 1 heterocycles. The highest BCUT2D eigenvalue weighted by Gasteiger charge is 2.19. The number of nitrogens with zero attached hydrogens (tertiary/aromatic N) is 5. The van der Waals surface area contributed by atoms with E-state index in [0.29, 0.717) is 0 Å². The molecule has 2 aromatic carbocycles. The Kier molecular flexibility index (Phi) is 4.25. The molecule has 3 aromatic rings. The second-order valence-corrected chi connectivity index (χ2v) is 5.36. The van der Waals surface area contributed by atoms with Crippen LogP contribution < -0.4 is 0 Å². The summed E-state index contributed by atoms with van der Waals surface area (Å²) in [5.41, 5.74) is 2.25. The molecule has 0 aliphatic carbocycles. The lowest BCUT2D eigenvalue weighted by atomic mass is 10.2. The fourth-order valence-corrected chi connectivity index (χ4v) is 2.41. The first-order chi connectivity index (χ1) is 10.8. The molecule has 1 aromatic heterocycles. The summed E-state index contributed by atoms with van der Waals surface area (Å²) in [5, 5.41) is 12.2. The maximum atomic E-state index is 4.22. The van der Waals surface area contributed by atoms with Crippen LogP contribution in [-0.4, -0.2) is 32.2 Å². The van der Waals surface area contributed by atoms with E-state index < -0.39 is 0 Å². The molecule has 5 nitrogen and oxygen atoms in total. The number of para-hydroxylation sites is 1. The maximum Gasteiger partial charge on any atom is 0.173 e. The minimum absolute atomic E-state index is 0.107. The molecule has 0 fully saturated rings. The van der Waals surface area contributed by atoms with Crippen molar-refractivity contribution in [3.8, 4) is 5.69 Å². The molecule has 3 rings (SSSR count). The average Bonchev–Trinajstić information content (AvgIpc) is 3.05. The standard InChI is InChI=1S/C17H19N5/c1-14(21(2)13-15-9-5-3-6-10-15)17-18-19-20-22(17)16-11-7-4-8-12-16/h3-12,14H,13H2,1-2H3. The van der Waals surface area contributed by atoms with E-state index in [2.05, 4.69) is 58.7 Å². The molecule has 0 aliphatic rings. The monoisotopic (exact) mass is 293 g/mol. The van der Waals surface area contributed by atoms with Gasteiger partial charge >= 0.3 is 0 Å². The van der Waals surface area contributed by atoms with Gasteiger partial charge in [-0.3, -0.25) is 4.90 Å². The fraction of sp³-hybridized carbons (Fsp3) is 0.235. The minimum atomic E-state index is 0.107. The van der Waals surface area contributed by atoms with Crippen molar-refractivity contribution in [2.75, 3.05) is 7.05 Å². The first-order valence-electron chi connectivity index (χ1n) is 7.33. The van der Waals surface area contributed by atoms with Crippen molar-refractivity contribution in [1.29, 1.82) is 0 Å². The van der Waals surface area contributed by atoms with Crippen molar-refractivity contribution >= 4 is 0 Å². The van der Waals surface area contributed by atoms with Crippen LogP contribution in [0, 0.1) is 0 Å². The van der Waals surface area contributed by atoms with Crippen molar-refractivity contribution in [2.24, 2.45) is 0 Å². The van der Waals surface area contributed by atoms with Crippen LogP contribution in [0.5, 0.6) is 0 Å². The van der Waals surface area contributed by atoms with E-state index in [0.717, 1.165) is 18.1 Å². The lowest BCUT2D eigenvalue weighted by Gasteiger charge is -2.23. The van der Waals surface area contributed by atoms with Crippen LogP contribution in [0.2, 0.25) is 0 Å². The van der Waals surface area contributed by atoms with Crippen LogP contribution in [0.15, 0.2) is 60.7 Å². The summed E-state index contributed by atoms with van der Waals surface area (Å²) < 4.78 is 1.80. The van der Waals surface area contributed by atoms with Gasteiger partial charge in [-0.05, 0) is 42.1 Å². The van der Waals surface area contributed by atoms with Crippen LogP contribution in [-0.2, 0) is 6.54 Å². The van der Waals surface area contributed by atoms with E-state index in [1.165, 1.54) is 5.56 Å². The van der Waals surface area contributed by atoms with Gasteiger partial charge in [0.1, 0.15) is 0 Å². The smallest absolute Gasteiger partial charge is 0.173 e. The Morgan fingerprint density at radius 1 is 1.00 bits per heavy atom. The summed E-state index contributed by atoms with van der Waals surface area (Å²) >= 11 is 0. The number of hydrogen-bond donors (Lipinski definition) is 0. The van der Waals surface area contributed by atoms with E-state index in [9.17, 15) is 0 Å². The molecule has 1 unspecified atom stereocenters. The van der Waals surface area contributed by atoms with E-state index in [1.54, 1.807) is 4.68 Å². The number of tetrazole rings is 1. The molecule has 1 atom stereocenters. The fourth-order valence-electron chi connectivity index (χ4n) is 2.41. The lowest BCUT2D eigenvalue weighted by molar-refractivity contribution is 0.240. The van der Waals surface area contributed by atoms with E-state index >= 15 is 0 Å². The quantitative estimate of drug-likeness (QED) is 0.725. The van der Waals surface area contributed by atoms with Gasteiger partial charge in [0, 0.05) is 6.54 Å². The Labute approximate surface area is 130 Å². The predicted molar refractivity (Wildman–Crippen MR) is 85.5 cm³/mol. The molecule has 0 saturated heterocycles. The molecule has 0 spiro atoms. The van der Waals surface area contributed by atoms with Crippen LogP contribution in [0.1, 0.15) is 24.4 Å². The highest BCUT2D eigenvalue weighted by atomic mass is 15.6. The van der Waals surface area contributed by atoms with Gasteiger partial charge in [-0.15, -0.1) is 5.10 Å². The zero-order chi connectivity index (χ0) is 15.4. The van der Waals surface area contributed by atoms with Gasteiger partial charge in [0.05, 0.1) is 11.7 Å². The van der Waals surface area contributed by atoms with Crippen molar-refractivity contribution in [1.82, 2.24) is 25.1 Å². The summed E-state index contributed by atoms with van der Waals surface area (Å²) in [6, 6.07) is 20.5. The topological polar surface area (TPSA) is 46.8 Å². The molecule has 0 radical (unpaired) electrons. The summed E-state index contributed by atoms with van der Waals surface area (Å²) in [6.45, 7) is 2.97. The minimum Gasteiger partial charge on any atom is -0.292 e. The summed E-state index contributed by atoms with van der Waals surface area (Å²) in [4.78, 5) is 2.24. The number of hydrogen-bond acceptors (Lipinski definition) is 4. The summed E-state index contributed by atoms with van der Waals surface area (Å²) in [7, 11) is 2.08. The maximum absolute atomic E-state index is 4.22.